The summed E-state index contributed by atoms with van der Waals surface area (Å²) in [5.41, 5.74) is 1.16. The number of aromatic nitrogens is 8. The lowest BCUT2D eigenvalue weighted by Gasteiger charge is -2.05. The molecule has 0 N–H and O–H groups in total. The summed E-state index contributed by atoms with van der Waals surface area (Å²) >= 11 is 1.54. The SMILES string of the molecule is CCCCn1nnnc1CSc1nnnn1Cc1ccccc1. The Bertz CT molecular complexity index is 723. The smallest absolute Gasteiger partial charge is 0.210 e. The van der Waals surface area contributed by atoms with Crippen LogP contribution < -0.4 is 0 Å². The van der Waals surface area contributed by atoms with Gasteiger partial charge in [0.1, 0.15) is 0 Å². The van der Waals surface area contributed by atoms with Crippen LogP contribution in [-0.2, 0) is 18.8 Å². The monoisotopic (exact) mass is 330 g/mol. The summed E-state index contributed by atoms with van der Waals surface area (Å²) < 4.78 is 3.64. The number of rotatable bonds is 8. The van der Waals surface area contributed by atoms with Crippen LogP contribution in [0.1, 0.15) is 31.2 Å². The van der Waals surface area contributed by atoms with Crippen molar-refractivity contribution in [1.29, 1.82) is 0 Å². The largest absolute Gasteiger partial charge is 0.229 e. The Kier molecular flexibility index (Phi) is 5.30. The van der Waals surface area contributed by atoms with Crippen molar-refractivity contribution in [1.82, 2.24) is 40.4 Å². The summed E-state index contributed by atoms with van der Waals surface area (Å²) in [6.45, 7) is 3.64. The lowest BCUT2D eigenvalue weighted by molar-refractivity contribution is 0.540. The van der Waals surface area contributed by atoms with Crippen LogP contribution in [0.2, 0.25) is 0 Å². The van der Waals surface area contributed by atoms with E-state index in [9.17, 15) is 0 Å². The number of benzene rings is 1. The highest BCUT2D eigenvalue weighted by atomic mass is 32.2. The third kappa shape index (κ3) is 4.13. The maximum Gasteiger partial charge on any atom is 0.210 e. The van der Waals surface area contributed by atoms with Crippen molar-refractivity contribution in [3.63, 3.8) is 0 Å². The van der Waals surface area contributed by atoms with Gasteiger partial charge in [0.2, 0.25) is 5.16 Å². The number of hydrogen-bond acceptors (Lipinski definition) is 7. The minimum Gasteiger partial charge on any atom is -0.229 e. The van der Waals surface area contributed by atoms with Gasteiger partial charge in [0.05, 0.1) is 12.3 Å². The predicted molar refractivity (Wildman–Crippen MR) is 85.6 cm³/mol. The van der Waals surface area contributed by atoms with E-state index < -0.39 is 0 Å². The zero-order valence-electron chi connectivity index (χ0n) is 12.9. The molecule has 120 valence electrons. The third-order valence-corrected chi connectivity index (χ3v) is 4.29. The van der Waals surface area contributed by atoms with Crippen molar-refractivity contribution >= 4 is 11.8 Å². The Morgan fingerprint density at radius 3 is 2.61 bits per heavy atom. The molecule has 0 amide bonds. The lowest BCUT2D eigenvalue weighted by atomic mass is 10.2. The molecule has 0 atom stereocenters. The standard InChI is InChI=1S/C14H18N8S/c1-2-3-9-21-13(15-17-19-21)11-23-14-16-18-20-22(14)10-12-7-5-4-6-8-12/h4-8H,2-3,9-11H2,1H3. The zero-order valence-corrected chi connectivity index (χ0v) is 13.7. The van der Waals surface area contributed by atoms with Gasteiger partial charge in [-0.2, -0.15) is 0 Å². The first-order chi connectivity index (χ1) is 11.4. The second-order valence-electron chi connectivity index (χ2n) is 5.07. The van der Waals surface area contributed by atoms with Crippen LogP contribution in [-0.4, -0.2) is 40.4 Å². The van der Waals surface area contributed by atoms with E-state index in [1.807, 2.05) is 22.9 Å². The molecule has 0 bridgehead atoms. The molecular formula is C14H18N8S. The molecule has 0 unspecified atom stereocenters. The predicted octanol–water partition coefficient (Wildman–Crippen LogP) is 1.80. The van der Waals surface area contributed by atoms with Crippen molar-refractivity contribution in [2.24, 2.45) is 0 Å². The summed E-state index contributed by atoms with van der Waals surface area (Å²) in [6, 6.07) is 10.1. The number of thioether (sulfide) groups is 1. The molecule has 3 aromatic rings. The fourth-order valence-electron chi connectivity index (χ4n) is 2.09. The number of aryl methyl sites for hydroxylation is 1. The van der Waals surface area contributed by atoms with Gasteiger partial charge in [-0.15, -0.1) is 10.2 Å². The van der Waals surface area contributed by atoms with Crippen LogP contribution in [0.15, 0.2) is 35.5 Å². The Hall–Kier alpha value is -2.29. The van der Waals surface area contributed by atoms with Crippen molar-refractivity contribution in [3.8, 4) is 0 Å². The van der Waals surface area contributed by atoms with Gasteiger partial charge in [-0.25, -0.2) is 9.36 Å². The van der Waals surface area contributed by atoms with E-state index in [1.165, 1.54) is 0 Å². The van der Waals surface area contributed by atoms with E-state index in [0.29, 0.717) is 12.3 Å². The van der Waals surface area contributed by atoms with Gasteiger partial charge in [-0.05, 0) is 32.8 Å². The van der Waals surface area contributed by atoms with Crippen LogP contribution >= 0.6 is 11.8 Å². The van der Waals surface area contributed by atoms with Crippen molar-refractivity contribution < 1.29 is 0 Å². The van der Waals surface area contributed by atoms with Gasteiger partial charge >= 0.3 is 0 Å². The molecular weight excluding hydrogens is 312 g/mol. The first-order valence-corrected chi connectivity index (χ1v) is 8.53. The minimum atomic E-state index is 0.645. The maximum atomic E-state index is 4.09. The molecule has 3 rings (SSSR count). The fourth-order valence-corrected chi connectivity index (χ4v) is 2.90. The van der Waals surface area contributed by atoms with Crippen LogP contribution in [0.3, 0.4) is 0 Å². The van der Waals surface area contributed by atoms with Gasteiger partial charge < -0.3 is 0 Å². The molecule has 2 heterocycles. The highest BCUT2D eigenvalue weighted by molar-refractivity contribution is 7.98. The lowest BCUT2D eigenvalue weighted by Crippen LogP contribution is -2.06. The van der Waals surface area contributed by atoms with Crippen molar-refractivity contribution in [2.45, 2.75) is 43.8 Å². The molecule has 0 saturated heterocycles. The first kappa shape index (κ1) is 15.6. The Morgan fingerprint density at radius 2 is 1.78 bits per heavy atom. The number of hydrogen-bond donors (Lipinski definition) is 0. The summed E-state index contributed by atoms with van der Waals surface area (Å²) in [4.78, 5) is 0. The molecule has 0 aliphatic heterocycles. The minimum absolute atomic E-state index is 0.645. The summed E-state index contributed by atoms with van der Waals surface area (Å²) in [7, 11) is 0. The molecule has 1 aromatic carbocycles. The fraction of sp³-hybridized carbons (Fsp3) is 0.429. The van der Waals surface area contributed by atoms with E-state index in [1.54, 1.807) is 16.4 Å². The molecule has 0 aliphatic rings. The van der Waals surface area contributed by atoms with Crippen molar-refractivity contribution in [2.75, 3.05) is 0 Å². The number of tetrazole rings is 2. The molecule has 8 nitrogen and oxygen atoms in total. The van der Waals surface area contributed by atoms with E-state index >= 15 is 0 Å². The van der Waals surface area contributed by atoms with Crippen molar-refractivity contribution in [3.05, 3.63) is 41.7 Å². The Labute approximate surface area is 138 Å². The van der Waals surface area contributed by atoms with E-state index in [-0.39, 0.29) is 0 Å². The Balaban J connectivity index is 1.63. The van der Waals surface area contributed by atoms with E-state index in [2.05, 4.69) is 50.1 Å². The highest BCUT2D eigenvalue weighted by Gasteiger charge is 2.11. The van der Waals surface area contributed by atoms with Gasteiger partial charge in [-0.1, -0.05) is 55.4 Å². The normalized spacial score (nSPS) is 11.0. The Morgan fingerprint density at radius 1 is 1.00 bits per heavy atom. The number of unbranched alkanes of at least 4 members (excludes halogenated alkanes) is 1. The quantitative estimate of drug-likeness (QED) is 0.582. The zero-order chi connectivity index (χ0) is 15.9. The second kappa shape index (κ2) is 7.82. The van der Waals surface area contributed by atoms with Crippen LogP contribution in [0.25, 0.3) is 0 Å². The topological polar surface area (TPSA) is 87.2 Å². The van der Waals surface area contributed by atoms with E-state index in [0.717, 1.165) is 35.9 Å². The van der Waals surface area contributed by atoms with Gasteiger partial charge in [-0.3, -0.25) is 0 Å². The third-order valence-electron chi connectivity index (χ3n) is 3.33. The first-order valence-electron chi connectivity index (χ1n) is 7.54. The molecule has 0 aliphatic carbocycles. The molecule has 0 spiro atoms. The summed E-state index contributed by atoms with van der Waals surface area (Å²) in [5.74, 6) is 1.49. The van der Waals surface area contributed by atoms with Gasteiger partial charge in [0.15, 0.2) is 5.82 Å². The van der Waals surface area contributed by atoms with E-state index in [4.69, 9.17) is 0 Å². The average molecular weight is 330 g/mol. The van der Waals surface area contributed by atoms with Crippen LogP contribution in [0, 0.1) is 0 Å². The summed E-state index contributed by atoms with van der Waals surface area (Å²) in [5, 5.41) is 24.6. The second-order valence-corrected chi connectivity index (χ2v) is 6.01. The molecule has 0 radical (unpaired) electrons. The molecule has 9 heteroatoms. The van der Waals surface area contributed by atoms with Gasteiger partial charge in [0, 0.05) is 6.54 Å². The summed E-state index contributed by atoms with van der Waals surface area (Å²) in [6.07, 6.45) is 2.18. The van der Waals surface area contributed by atoms with Crippen LogP contribution in [0.5, 0.6) is 0 Å². The molecule has 2 aromatic heterocycles. The molecule has 23 heavy (non-hydrogen) atoms. The molecule has 0 saturated carbocycles. The van der Waals surface area contributed by atoms with Crippen LogP contribution in [0.4, 0.5) is 0 Å². The highest BCUT2D eigenvalue weighted by Crippen LogP contribution is 2.19. The average Bonchev–Trinajstić information content (AvgIpc) is 3.21. The van der Waals surface area contributed by atoms with Gasteiger partial charge in [0.25, 0.3) is 0 Å². The molecule has 0 fully saturated rings. The number of nitrogens with zero attached hydrogens (tertiary/aromatic N) is 8. The maximum absolute atomic E-state index is 4.09.